The average Bonchev–Trinajstić information content (AvgIpc) is 2.45. The van der Waals surface area contributed by atoms with Gasteiger partial charge in [-0.15, -0.1) is 0 Å². The molecule has 1 unspecified atom stereocenters. The normalized spacial score (nSPS) is 17.9. The Kier molecular flexibility index (Phi) is 4.60. The molecule has 0 bridgehead atoms. The van der Waals surface area contributed by atoms with Crippen LogP contribution in [0, 0.1) is 12.8 Å². The molecule has 5 nitrogen and oxygen atoms in total. The molecule has 0 saturated carbocycles. The van der Waals surface area contributed by atoms with Crippen LogP contribution in [0.4, 0.5) is 5.82 Å². The zero-order valence-corrected chi connectivity index (χ0v) is 12.4. The van der Waals surface area contributed by atoms with E-state index >= 15 is 0 Å². The van der Waals surface area contributed by atoms with Crippen LogP contribution in [0.3, 0.4) is 0 Å². The molecule has 1 aliphatic rings. The van der Waals surface area contributed by atoms with E-state index in [1.54, 1.807) is 13.1 Å². The maximum absolute atomic E-state index is 12.5. The SMILES string of the molecule is CNc1cc(C(=O)N2CCC(C(C)O)CC2)cc(C)n1. The smallest absolute Gasteiger partial charge is 0.254 e. The number of aryl methyl sites for hydroxylation is 1. The molecule has 1 amide bonds. The molecule has 1 saturated heterocycles. The van der Waals surface area contributed by atoms with Crippen molar-refractivity contribution in [2.24, 2.45) is 5.92 Å². The fraction of sp³-hybridized carbons (Fsp3) is 0.600. The lowest BCUT2D eigenvalue weighted by Crippen LogP contribution is -2.40. The van der Waals surface area contributed by atoms with E-state index in [0.29, 0.717) is 30.4 Å². The number of amides is 1. The van der Waals surface area contributed by atoms with Gasteiger partial charge in [0.25, 0.3) is 5.91 Å². The lowest BCUT2D eigenvalue weighted by molar-refractivity contribution is 0.0521. The predicted molar refractivity (Wildman–Crippen MR) is 78.8 cm³/mol. The van der Waals surface area contributed by atoms with Crippen molar-refractivity contribution in [3.63, 3.8) is 0 Å². The lowest BCUT2D eigenvalue weighted by atomic mass is 9.92. The number of nitrogens with one attached hydrogen (secondary N) is 1. The van der Waals surface area contributed by atoms with Crippen molar-refractivity contribution >= 4 is 11.7 Å². The molecular weight excluding hydrogens is 254 g/mol. The van der Waals surface area contributed by atoms with Crippen LogP contribution in [0.1, 0.15) is 35.8 Å². The van der Waals surface area contributed by atoms with Crippen LogP contribution in [0.5, 0.6) is 0 Å². The summed E-state index contributed by atoms with van der Waals surface area (Å²) >= 11 is 0. The van der Waals surface area contributed by atoms with E-state index in [4.69, 9.17) is 0 Å². The Balaban J connectivity index is 2.07. The van der Waals surface area contributed by atoms with Gasteiger partial charge in [-0.05, 0) is 44.7 Å². The molecule has 1 aliphatic heterocycles. The fourth-order valence-electron chi connectivity index (χ4n) is 2.69. The van der Waals surface area contributed by atoms with E-state index in [9.17, 15) is 9.90 Å². The molecule has 20 heavy (non-hydrogen) atoms. The van der Waals surface area contributed by atoms with Crippen molar-refractivity contribution in [2.75, 3.05) is 25.5 Å². The number of carbonyl (C=O) groups is 1. The van der Waals surface area contributed by atoms with Gasteiger partial charge >= 0.3 is 0 Å². The van der Waals surface area contributed by atoms with Crippen molar-refractivity contribution in [3.8, 4) is 0 Å². The first-order chi connectivity index (χ1) is 9.51. The molecule has 2 N–H and O–H groups in total. The highest BCUT2D eigenvalue weighted by Gasteiger charge is 2.26. The van der Waals surface area contributed by atoms with Crippen molar-refractivity contribution in [2.45, 2.75) is 32.8 Å². The van der Waals surface area contributed by atoms with E-state index < -0.39 is 0 Å². The van der Waals surface area contributed by atoms with Crippen molar-refractivity contribution in [1.82, 2.24) is 9.88 Å². The summed E-state index contributed by atoms with van der Waals surface area (Å²) in [7, 11) is 1.80. The Labute approximate surface area is 120 Å². The van der Waals surface area contributed by atoms with Gasteiger partial charge in [-0.25, -0.2) is 4.98 Å². The highest BCUT2D eigenvalue weighted by Crippen LogP contribution is 2.22. The van der Waals surface area contributed by atoms with Crippen LogP contribution in [-0.4, -0.2) is 47.1 Å². The number of anilines is 1. The number of aromatic nitrogens is 1. The third-order valence-electron chi connectivity index (χ3n) is 3.97. The highest BCUT2D eigenvalue weighted by atomic mass is 16.3. The van der Waals surface area contributed by atoms with Gasteiger partial charge in [0, 0.05) is 31.4 Å². The Morgan fingerprint density at radius 2 is 2.10 bits per heavy atom. The monoisotopic (exact) mass is 277 g/mol. The minimum absolute atomic E-state index is 0.0519. The second-order valence-electron chi connectivity index (χ2n) is 5.50. The van der Waals surface area contributed by atoms with Crippen LogP contribution in [-0.2, 0) is 0 Å². The van der Waals surface area contributed by atoms with Gasteiger partial charge in [-0.2, -0.15) is 0 Å². The summed E-state index contributed by atoms with van der Waals surface area (Å²) in [5.74, 6) is 1.08. The van der Waals surface area contributed by atoms with Gasteiger partial charge in [0.2, 0.25) is 0 Å². The Morgan fingerprint density at radius 3 is 2.65 bits per heavy atom. The zero-order chi connectivity index (χ0) is 14.7. The van der Waals surface area contributed by atoms with Gasteiger partial charge in [-0.1, -0.05) is 0 Å². The van der Waals surface area contributed by atoms with E-state index in [0.717, 1.165) is 18.5 Å². The molecule has 0 spiro atoms. The van der Waals surface area contributed by atoms with Crippen LogP contribution < -0.4 is 5.32 Å². The molecule has 1 aromatic rings. The summed E-state index contributed by atoms with van der Waals surface area (Å²) in [6, 6.07) is 3.61. The van der Waals surface area contributed by atoms with E-state index in [1.807, 2.05) is 24.8 Å². The van der Waals surface area contributed by atoms with Crippen LogP contribution in [0.2, 0.25) is 0 Å². The summed E-state index contributed by atoms with van der Waals surface area (Å²) in [5.41, 5.74) is 1.51. The number of piperidine rings is 1. The van der Waals surface area contributed by atoms with Crippen LogP contribution in [0.25, 0.3) is 0 Å². The van der Waals surface area contributed by atoms with Crippen molar-refractivity contribution in [1.29, 1.82) is 0 Å². The molecule has 0 radical (unpaired) electrons. The topological polar surface area (TPSA) is 65.5 Å². The van der Waals surface area contributed by atoms with E-state index in [1.165, 1.54) is 0 Å². The van der Waals surface area contributed by atoms with Gasteiger partial charge in [0.05, 0.1) is 6.10 Å². The maximum Gasteiger partial charge on any atom is 0.254 e. The first-order valence-electron chi connectivity index (χ1n) is 7.15. The number of carbonyl (C=O) groups excluding carboxylic acids is 1. The Morgan fingerprint density at radius 1 is 1.45 bits per heavy atom. The number of rotatable bonds is 3. The largest absolute Gasteiger partial charge is 0.393 e. The van der Waals surface area contributed by atoms with Crippen LogP contribution in [0.15, 0.2) is 12.1 Å². The summed E-state index contributed by atoms with van der Waals surface area (Å²) in [5, 5.41) is 12.6. The Hall–Kier alpha value is -1.62. The summed E-state index contributed by atoms with van der Waals surface area (Å²) in [4.78, 5) is 18.7. The van der Waals surface area contributed by atoms with E-state index in [-0.39, 0.29) is 12.0 Å². The minimum Gasteiger partial charge on any atom is -0.393 e. The van der Waals surface area contributed by atoms with Crippen molar-refractivity contribution in [3.05, 3.63) is 23.4 Å². The molecular formula is C15H23N3O2. The average molecular weight is 277 g/mol. The van der Waals surface area contributed by atoms with E-state index in [2.05, 4.69) is 10.3 Å². The summed E-state index contributed by atoms with van der Waals surface area (Å²) in [6.45, 7) is 5.14. The molecule has 2 rings (SSSR count). The first kappa shape index (κ1) is 14.8. The van der Waals surface area contributed by atoms with Crippen LogP contribution >= 0.6 is 0 Å². The van der Waals surface area contributed by atoms with Gasteiger partial charge in [0.1, 0.15) is 5.82 Å². The number of nitrogens with zero attached hydrogens (tertiary/aromatic N) is 2. The van der Waals surface area contributed by atoms with Crippen molar-refractivity contribution < 1.29 is 9.90 Å². The fourth-order valence-corrected chi connectivity index (χ4v) is 2.69. The number of aliphatic hydroxyl groups excluding tert-OH is 1. The second kappa shape index (κ2) is 6.22. The third kappa shape index (κ3) is 3.28. The molecule has 1 aromatic heterocycles. The maximum atomic E-state index is 12.5. The number of hydrogen-bond donors (Lipinski definition) is 2. The molecule has 0 aromatic carbocycles. The molecule has 0 aliphatic carbocycles. The second-order valence-corrected chi connectivity index (χ2v) is 5.50. The standard InChI is InChI=1S/C15H23N3O2/c1-10-8-13(9-14(16-3)17-10)15(20)18-6-4-12(5-7-18)11(2)19/h8-9,11-12,19H,4-7H2,1-3H3,(H,16,17). The zero-order valence-electron chi connectivity index (χ0n) is 12.4. The van der Waals surface area contributed by atoms with Gasteiger partial charge < -0.3 is 15.3 Å². The highest BCUT2D eigenvalue weighted by molar-refractivity contribution is 5.95. The molecule has 1 fully saturated rings. The van der Waals surface area contributed by atoms with Gasteiger partial charge in [0.15, 0.2) is 0 Å². The molecule has 110 valence electrons. The first-order valence-corrected chi connectivity index (χ1v) is 7.15. The molecule has 1 atom stereocenters. The molecule has 2 heterocycles. The molecule has 5 heteroatoms. The summed E-state index contributed by atoms with van der Waals surface area (Å²) in [6.07, 6.45) is 1.45. The number of hydrogen-bond acceptors (Lipinski definition) is 4. The quantitative estimate of drug-likeness (QED) is 0.882. The number of pyridine rings is 1. The Bertz CT molecular complexity index is 480. The van der Waals surface area contributed by atoms with Gasteiger partial charge in [-0.3, -0.25) is 4.79 Å². The lowest BCUT2D eigenvalue weighted by Gasteiger charge is -2.33. The minimum atomic E-state index is -0.286. The summed E-state index contributed by atoms with van der Waals surface area (Å²) < 4.78 is 0. The number of likely N-dealkylation sites (tertiary alicyclic amines) is 1. The third-order valence-corrected chi connectivity index (χ3v) is 3.97. The predicted octanol–water partition coefficient (Wildman–Crippen LogP) is 1.66. The number of aliphatic hydroxyl groups is 1.